The van der Waals surface area contributed by atoms with E-state index in [0.29, 0.717) is 24.7 Å². The minimum Gasteiger partial charge on any atom is -0.349 e. The van der Waals surface area contributed by atoms with Gasteiger partial charge in [-0.1, -0.05) is 19.1 Å². The topological polar surface area (TPSA) is 117 Å². The van der Waals surface area contributed by atoms with E-state index in [4.69, 9.17) is 5.73 Å². The number of nitrogens with zero attached hydrogens (tertiary/aromatic N) is 6. The average Bonchev–Trinajstić information content (AvgIpc) is 3.06. The molecule has 21 heavy (non-hydrogen) atoms. The van der Waals surface area contributed by atoms with Crippen molar-refractivity contribution in [1.82, 2.24) is 35.1 Å². The van der Waals surface area contributed by atoms with Gasteiger partial charge in [0.05, 0.1) is 19.3 Å². The monoisotopic (exact) mass is 292 g/mol. The van der Waals surface area contributed by atoms with Gasteiger partial charge in [-0.3, -0.25) is 4.79 Å². The fourth-order valence-corrected chi connectivity index (χ4v) is 1.81. The van der Waals surface area contributed by atoms with Gasteiger partial charge in [0.25, 0.3) is 0 Å². The standard InChI is InChI=1S/C12H20N8O/c1-9(2)5-20-11(15-8-16-20)7-19-6-10(17-18-19)4-14-12(21)3-13/h6,8-9H,3-5,7,13H2,1-2H3,(H,14,21). The smallest absolute Gasteiger partial charge is 0.234 e. The minimum absolute atomic E-state index is 0.0353. The van der Waals surface area contributed by atoms with E-state index in [1.54, 1.807) is 10.9 Å². The van der Waals surface area contributed by atoms with Crippen LogP contribution < -0.4 is 11.1 Å². The third kappa shape index (κ3) is 4.35. The second-order valence-electron chi connectivity index (χ2n) is 5.14. The van der Waals surface area contributed by atoms with E-state index in [1.807, 2.05) is 4.68 Å². The maximum Gasteiger partial charge on any atom is 0.234 e. The Hall–Kier alpha value is -2.29. The van der Waals surface area contributed by atoms with E-state index in [2.05, 4.69) is 39.6 Å². The zero-order valence-electron chi connectivity index (χ0n) is 12.2. The molecular weight excluding hydrogens is 272 g/mol. The van der Waals surface area contributed by atoms with Crippen molar-refractivity contribution in [1.29, 1.82) is 0 Å². The molecule has 0 fully saturated rings. The highest BCUT2D eigenvalue weighted by Crippen LogP contribution is 2.03. The first-order valence-corrected chi connectivity index (χ1v) is 6.81. The van der Waals surface area contributed by atoms with E-state index < -0.39 is 0 Å². The molecule has 2 heterocycles. The van der Waals surface area contributed by atoms with Gasteiger partial charge in [-0.05, 0) is 5.92 Å². The van der Waals surface area contributed by atoms with E-state index in [9.17, 15) is 4.79 Å². The Labute approximate surface area is 122 Å². The molecule has 0 aliphatic rings. The van der Waals surface area contributed by atoms with Crippen molar-refractivity contribution in [2.24, 2.45) is 11.7 Å². The first-order chi connectivity index (χ1) is 10.1. The van der Waals surface area contributed by atoms with Gasteiger partial charge in [0.2, 0.25) is 5.91 Å². The Morgan fingerprint density at radius 2 is 2.29 bits per heavy atom. The molecule has 0 atom stereocenters. The van der Waals surface area contributed by atoms with Crippen LogP contribution in [0.3, 0.4) is 0 Å². The number of hydrogen-bond acceptors (Lipinski definition) is 6. The second-order valence-corrected chi connectivity index (χ2v) is 5.14. The Kier molecular flexibility index (Phi) is 4.99. The summed E-state index contributed by atoms with van der Waals surface area (Å²) in [5.41, 5.74) is 5.89. The van der Waals surface area contributed by atoms with Crippen molar-refractivity contribution in [2.75, 3.05) is 6.54 Å². The average molecular weight is 292 g/mol. The summed E-state index contributed by atoms with van der Waals surface area (Å²) in [5, 5.41) is 14.9. The van der Waals surface area contributed by atoms with Crippen LogP contribution in [-0.4, -0.2) is 42.2 Å². The zero-order valence-corrected chi connectivity index (χ0v) is 12.2. The van der Waals surface area contributed by atoms with Gasteiger partial charge in [0.15, 0.2) is 0 Å². The highest BCUT2D eigenvalue weighted by Gasteiger charge is 2.09. The third-order valence-corrected chi connectivity index (χ3v) is 2.78. The van der Waals surface area contributed by atoms with Gasteiger partial charge in [-0.25, -0.2) is 14.3 Å². The molecular formula is C12H20N8O. The number of aromatic nitrogens is 6. The van der Waals surface area contributed by atoms with Gasteiger partial charge < -0.3 is 11.1 Å². The van der Waals surface area contributed by atoms with E-state index in [-0.39, 0.29) is 12.5 Å². The number of nitrogens with two attached hydrogens (primary N) is 1. The molecule has 9 heteroatoms. The lowest BCUT2D eigenvalue weighted by atomic mass is 10.2. The van der Waals surface area contributed by atoms with Gasteiger partial charge in [0, 0.05) is 6.54 Å². The SMILES string of the molecule is CC(C)Cn1ncnc1Cn1cc(CNC(=O)CN)nn1. The van der Waals surface area contributed by atoms with Crippen molar-refractivity contribution >= 4 is 5.91 Å². The lowest BCUT2D eigenvalue weighted by Gasteiger charge is -2.07. The lowest BCUT2D eigenvalue weighted by molar-refractivity contribution is -0.119. The third-order valence-electron chi connectivity index (χ3n) is 2.78. The predicted octanol–water partition coefficient (Wildman–Crippen LogP) is -0.851. The first-order valence-electron chi connectivity index (χ1n) is 6.81. The number of rotatable bonds is 7. The highest BCUT2D eigenvalue weighted by molar-refractivity contribution is 5.77. The van der Waals surface area contributed by atoms with Crippen molar-refractivity contribution in [3.05, 3.63) is 24.0 Å². The Morgan fingerprint density at radius 1 is 1.48 bits per heavy atom. The van der Waals surface area contributed by atoms with E-state index in [0.717, 1.165) is 12.4 Å². The summed E-state index contributed by atoms with van der Waals surface area (Å²) in [6.07, 6.45) is 3.31. The zero-order chi connectivity index (χ0) is 15.2. The van der Waals surface area contributed by atoms with Crippen LogP contribution in [0, 0.1) is 5.92 Å². The summed E-state index contributed by atoms with van der Waals surface area (Å²) in [7, 11) is 0. The van der Waals surface area contributed by atoms with Gasteiger partial charge in [-0.2, -0.15) is 5.10 Å². The summed E-state index contributed by atoms with van der Waals surface area (Å²) < 4.78 is 3.53. The normalized spacial score (nSPS) is 11.0. The summed E-state index contributed by atoms with van der Waals surface area (Å²) in [6, 6.07) is 0. The summed E-state index contributed by atoms with van der Waals surface area (Å²) >= 11 is 0. The van der Waals surface area contributed by atoms with Gasteiger partial charge in [0.1, 0.15) is 24.4 Å². The van der Waals surface area contributed by atoms with Crippen LogP contribution in [0.25, 0.3) is 0 Å². The van der Waals surface area contributed by atoms with Crippen LogP contribution in [0.4, 0.5) is 0 Å². The van der Waals surface area contributed by atoms with Crippen LogP contribution in [0.15, 0.2) is 12.5 Å². The van der Waals surface area contributed by atoms with E-state index in [1.165, 1.54) is 6.33 Å². The lowest BCUT2D eigenvalue weighted by Crippen LogP contribution is -2.29. The molecule has 3 N–H and O–H groups in total. The number of carbonyl (C=O) groups excluding carboxylic acids is 1. The Bertz CT molecular complexity index is 588. The van der Waals surface area contributed by atoms with E-state index >= 15 is 0 Å². The molecule has 114 valence electrons. The van der Waals surface area contributed by atoms with Crippen molar-refractivity contribution in [2.45, 2.75) is 33.5 Å². The molecule has 2 rings (SSSR count). The molecule has 0 aliphatic carbocycles. The molecule has 0 radical (unpaired) electrons. The molecule has 9 nitrogen and oxygen atoms in total. The molecule has 0 bridgehead atoms. The van der Waals surface area contributed by atoms with Crippen molar-refractivity contribution in [3.63, 3.8) is 0 Å². The van der Waals surface area contributed by atoms with Gasteiger partial charge in [-0.15, -0.1) is 5.10 Å². The van der Waals surface area contributed by atoms with Crippen LogP contribution in [-0.2, 0) is 24.4 Å². The summed E-state index contributed by atoms with van der Waals surface area (Å²) in [5.74, 6) is 1.09. The predicted molar refractivity (Wildman–Crippen MR) is 74.9 cm³/mol. The Balaban J connectivity index is 1.96. The van der Waals surface area contributed by atoms with Crippen LogP contribution in [0.1, 0.15) is 25.4 Å². The first kappa shape index (κ1) is 15.1. The molecule has 2 aromatic heterocycles. The molecule has 0 saturated heterocycles. The van der Waals surface area contributed by atoms with Crippen molar-refractivity contribution < 1.29 is 4.79 Å². The number of amides is 1. The maximum absolute atomic E-state index is 11.1. The fraction of sp³-hybridized carbons (Fsp3) is 0.583. The molecule has 0 unspecified atom stereocenters. The van der Waals surface area contributed by atoms with Crippen LogP contribution >= 0.6 is 0 Å². The number of hydrogen-bond donors (Lipinski definition) is 2. The Morgan fingerprint density at radius 3 is 3.00 bits per heavy atom. The molecule has 2 aromatic rings. The van der Waals surface area contributed by atoms with Crippen molar-refractivity contribution in [3.8, 4) is 0 Å². The summed E-state index contributed by atoms with van der Waals surface area (Å²) in [6.45, 7) is 5.83. The molecule has 0 aromatic carbocycles. The largest absolute Gasteiger partial charge is 0.349 e. The minimum atomic E-state index is -0.221. The fourth-order valence-electron chi connectivity index (χ4n) is 1.81. The van der Waals surface area contributed by atoms with Crippen LogP contribution in [0.5, 0.6) is 0 Å². The number of nitrogens with one attached hydrogen (secondary N) is 1. The maximum atomic E-state index is 11.1. The molecule has 0 aliphatic heterocycles. The molecule has 0 saturated carbocycles. The van der Waals surface area contributed by atoms with Gasteiger partial charge >= 0.3 is 0 Å². The summed E-state index contributed by atoms with van der Waals surface area (Å²) in [4.78, 5) is 15.3. The quantitative estimate of drug-likeness (QED) is 0.686. The highest BCUT2D eigenvalue weighted by atomic mass is 16.1. The molecule has 0 spiro atoms. The molecule has 1 amide bonds. The second kappa shape index (κ2) is 6.93. The number of carbonyl (C=O) groups is 1. The van der Waals surface area contributed by atoms with Crippen LogP contribution in [0.2, 0.25) is 0 Å².